The topological polar surface area (TPSA) is 96.3 Å². The van der Waals surface area contributed by atoms with Crippen LogP contribution in [0.15, 0.2) is 12.5 Å². The number of rotatable bonds is 8. The van der Waals surface area contributed by atoms with Crippen LogP contribution in [0.1, 0.15) is 23.8 Å². The number of hydrogen-bond acceptors (Lipinski definition) is 4. The molecule has 3 N–H and O–H groups in total. The first-order valence-electron chi connectivity index (χ1n) is 5.86. The van der Waals surface area contributed by atoms with Crippen molar-refractivity contribution in [2.75, 3.05) is 19.6 Å². The molecule has 100 valence electrons. The van der Waals surface area contributed by atoms with E-state index in [4.69, 9.17) is 5.11 Å². The van der Waals surface area contributed by atoms with Gasteiger partial charge in [-0.3, -0.25) is 4.79 Å². The van der Waals surface area contributed by atoms with Crippen LogP contribution in [0.4, 0.5) is 0 Å². The van der Waals surface area contributed by atoms with E-state index in [1.54, 1.807) is 4.57 Å². The number of carboxylic acid groups (broad SMARTS) is 1. The summed E-state index contributed by atoms with van der Waals surface area (Å²) in [6, 6.07) is 0. The molecule has 0 atom stereocenters. The molecule has 0 aliphatic rings. The number of amides is 1. The molecule has 1 heterocycles. The Morgan fingerprint density at radius 3 is 2.83 bits per heavy atom. The van der Waals surface area contributed by atoms with Crippen LogP contribution >= 0.6 is 0 Å². The van der Waals surface area contributed by atoms with E-state index in [-0.39, 0.29) is 11.6 Å². The number of aromatic nitrogens is 2. The van der Waals surface area contributed by atoms with Crippen LogP contribution in [-0.2, 0) is 11.3 Å². The maximum atomic E-state index is 11.3. The number of hydrogen-bond donors (Lipinski definition) is 3. The third-order valence-corrected chi connectivity index (χ3v) is 2.26. The van der Waals surface area contributed by atoms with Crippen molar-refractivity contribution in [3.63, 3.8) is 0 Å². The summed E-state index contributed by atoms with van der Waals surface area (Å²) in [6.07, 6.45) is 3.86. The normalized spacial score (nSPS) is 10.3. The van der Waals surface area contributed by atoms with E-state index in [1.165, 1.54) is 12.5 Å². The molecule has 1 rings (SSSR count). The van der Waals surface area contributed by atoms with Crippen molar-refractivity contribution in [1.82, 2.24) is 20.2 Å². The number of carboxylic acids is 1. The summed E-state index contributed by atoms with van der Waals surface area (Å²) >= 11 is 0. The number of nitrogens with one attached hydrogen (secondary N) is 2. The average molecular weight is 254 g/mol. The molecule has 0 bridgehead atoms. The van der Waals surface area contributed by atoms with Gasteiger partial charge in [0.2, 0.25) is 5.91 Å². The molecule has 18 heavy (non-hydrogen) atoms. The molecule has 0 radical (unpaired) electrons. The van der Waals surface area contributed by atoms with E-state index < -0.39 is 5.97 Å². The van der Waals surface area contributed by atoms with Crippen molar-refractivity contribution in [2.45, 2.75) is 19.9 Å². The van der Waals surface area contributed by atoms with Gasteiger partial charge in [0.05, 0.1) is 12.9 Å². The zero-order chi connectivity index (χ0) is 13.4. The van der Waals surface area contributed by atoms with E-state index >= 15 is 0 Å². The Kier molecular flexibility index (Phi) is 5.86. The van der Waals surface area contributed by atoms with Gasteiger partial charge in [-0.15, -0.1) is 0 Å². The van der Waals surface area contributed by atoms with Gasteiger partial charge in [0.25, 0.3) is 0 Å². The molecule has 0 aromatic carbocycles. The lowest BCUT2D eigenvalue weighted by Crippen LogP contribution is -2.35. The molecular formula is C11H18N4O3. The number of aromatic carboxylic acids is 1. The largest absolute Gasteiger partial charge is 0.476 e. The van der Waals surface area contributed by atoms with Gasteiger partial charge >= 0.3 is 5.97 Å². The minimum absolute atomic E-state index is 0.00550. The molecule has 0 saturated heterocycles. The molecule has 0 unspecified atom stereocenters. The van der Waals surface area contributed by atoms with Crippen LogP contribution in [0.2, 0.25) is 0 Å². The Balaban J connectivity index is 2.20. The first kappa shape index (κ1) is 14.2. The van der Waals surface area contributed by atoms with Crippen LogP contribution in [0, 0.1) is 0 Å². The zero-order valence-electron chi connectivity index (χ0n) is 10.3. The lowest BCUT2D eigenvalue weighted by atomic mass is 10.4. The summed E-state index contributed by atoms with van der Waals surface area (Å²) in [5, 5.41) is 14.4. The average Bonchev–Trinajstić information content (AvgIpc) is 2.78. The highest BCUT2D eigenvalue weighted by Crippen LogP contribution is 1.95. The van der Waals surface area contributed by atoms with Crippen molar-refractivity contribution in [3.8, 4) is 0 Å². The molecular weight excluding hydrogens is 236 g/mol. The monoisotopic (exact) mass is 254 g/mol. The third kappa shape index (κ3) is 4.96. The predicted molar refractivity (Wildman–Crippen MR) is 65.4 cm³/mol. The number of imidazole rings is 1. The molecule has 1 aromatic rings. The lowest BCUT2D eigenvalue weighted by Gasteiger charge is -2.06. The fraction of sp³-hybridized carbons (Fsp3) is 0.545. The fourth-order valence-corrected chi connectivity index (χ4v) is 1.36. The Labute approximate surface area is 105 Å². The van der Waals surface area contributed by atoms with Crippen molar-refractivity contribution in [3.05, 3.63) is 18.2 Å². The van der Waals surface area contributed by atoms with Crippen LogP contribution < -0.4 is 10.6 Å². The molecule has 0 saturated carbocycles. The number of nitrogens with zero attached hydrogens (tertiary/aromatic N) is 2. The minimum Gasteiger partial charge on any atom is -0.476 e. The SMILES string of the molecule is CCCNCC(=O)NCCn1cnc(C(=O)O)c1. The summed E-state index contributed by atoms with van der Waals surface area (Å²) in [4.78, 5) is 25.6. The maximum Gasteiger partial charge on any atom is 0.356 e. The maximum absolute atomic E-state index is 11.3. The van der Waals surface area contributed by atoms with Crippen molar-refractivity contribution < 1.29 is 14.7 Å². The first-order chi connectivity index (χ1) is 8.63. The van der Waals surface area contributed by atoms with Gasteiger partial charge in [-0.1, -0.05) is 6.92 Å². The Morgan fingerprint density at radius 1 is 1.44 bits per heavy atom. The molecule has 0 fully saturated rings. The highest BCUT2D eigenvalue weighted by molar-refractivity contribution is 5.84. The second-order valence-electron chi connectivity index (χ2n) is 3.83. The van der Waals surface area contributed by atoms with E-state index in [1.807, 2.05) is 6.92 Å². The van der Waals surface area contributed by atoms with Gasteiger partial charge in [-0.2, -0.15) is 0 Å². The number of carbonyl (C=O) groups excluding carboxylic acids is 1. The third-order valence-electron chi connectivity index (χ3n) is 2.26. The van der Waals surface area contributed by atoms with Gasteiger partial charge < -0.3 is 20.3 Å². The summed E-state index contributed by atoms with van der Waals surface area (Å²) < 4.78 is 1.63. The van der Waals surface area contributed by atoms with Crippen molar-refractivity contribution in [1.29, 1.82) is 0 Å². The van der Waals surface area contributed by atoms with Crippen LogP contribution in [-0.4, -0.2) is 46.2 Å². The second-order valence-corrected chi connectivity index (χ2v) is 3.83. The fourth-order valence-electron chi connectivity index (χ4n) is 1.36. The Morgan fingerprint density at radius 2 is 2.22 bits per heavy atom. The van der Waals surface area contributed by atoms with Gasteiger partial charge in [0.1, 0.15) is 0 Å². The van der Waals surface area contributed by atoms with Gasteiger partial charge in [0.15, 0.2) is 5.69 Å². The molecule has 0 aliphatic heterocycles. The van der Waals surface area contributed by atoms with Gasteiger partial charge in [-0.05, 0) is 13.0 Å². The molecule has 7 nitrogen and oxygen atoms in total. The molecule has 7 heteroatoms. The van der Waals surface area contributed by atoms with Crippen LogP contribution in [0.25, 0.3) is 0 Å². The predicted octanol–water partition coefficient (Wildman–Crippen LogP) is -0.303. The smallest absolute Gasteiger partial charge is 0.356 e. The standard InChI is InChI=1S/C11H18N4O3/c1-2-3-12-6-10(16)13-4-5-15-7-9(11(17)18)14-8-15/h7-8,12H,2-6H2,1H3,(H,13,16)(H,17,18). The van der Waals surface area contributed by atoms with E-state index in [9.17, 15) is 9.59 Å². The van der Waals surface area contributed by atoms with Crippen molar-refractivity contribution in [2.24, 2.45) is 0 Å². The van der Waals surface area contributed by atoms with Crippen molar-refractivity contribution >= 4 is 11.9 Å². The van der Waals surface area contributed by atoms with E-state index in [0.717, 1.165) is 13.0 Å². The van der Waals surface area contributed by atoms with E-state index in [0.29, 0.717) is 19.6 Å². The lowest BCUT2D eigenvalue weighted by molar-refractivity contribution is -0.120. The molecule has 1 aromatic heterocycles. The van der Waals surface area contributed by atoms with Gasteiger partial charge in [-0.25, -0.2) is 9.78 Å². The summed E-state index contributed by atoms with van der Waals surface area (Å²) in [7, 11) is 0. The summed E-state index contributed by atoms with van der Waals surface area (Å²) in [5.41, 5.74) is 0.00550. The molecule has 1 amide bonds. The van der Waals surface area contributed by atoms with Crippen LogP contribution in [0.3, 0.4) is 0 Å². The quantitative estimate of drug-likeness (QED) is 0.553. The Hall–Kier alpha value is -1.89. The Bertz CT molecular complexity index is 403. The van der Waals surface area contributed by atoms with Gasteiger partial charge in [0, 0.05) is 19.3 Å². The highest BCUT2D eigenvalue weighted by Gasteiger charge is 2.06. The van der Waals surface area contributed by atoms with E-state index in [2.05, 4.69) is 15.6 Å². The summed E-state index contributed by atoms with van der Waals surface area (Å²) in [6.45, 7) is 4.10. The first-order valence-corrected chi connectivity index (χ1v) is 5.86. The van der Waals surface area contributed by atoms with Crippen LogP contribution in [0.5, 0.6) is 0 Å². The zero-order valence-corrected chi connectivity index (χ0v) is 10.3. The second kappa shape index (κ2) is 7.44. The molecule has 0 spiro atoms. The summed E-state index contributed by atoms with van der Waals surface area (Å²) in [5.74, 6) is -1.12. The minimum atomic E-state index is -1.05. The highest BCUT2D eigenvalue weighted by atomic mass is 16.4. The number of carbonyl (C=O) groups is 2. The molecule has 0 aliphatic carbocycles.